The van der Waals surface area contributed by atoms with Crippen molar-refractivity contribution in [1.82, 2.24) is 10.3 Å². The zero-order valence-electron chi connectivity index (χ0n) is 14.7. The van der Waals surface area contributed by atoms with Gasteiger partial charge in [-0.15, -0.1) is 0 Å². The number of anilines is 1. The minimum Gasteiger partial charge on any atom is -0.374 e. The van der Waals surface area contributed by atoms with E-state index < -0.39 is 0 Å². The van der Waals surface area contributed by atoms with Crippen LogP contribution < -0.4 is 15.8 Å². The van der Waals surface area contributed by atoms with Gasteiger partial charge in [-0.05, 0) is 35.6 Å². The van der Waals surface area contributed by atoms with Gasteiger partial charge in [0.2, 0.25) is 0 Å². The number of rotatable bonds is 3. The summed E-state index contributed by atoms with van der Waals surface area (Å²) in [7, 11) is 2.09. The van der Waals surface area contributed by atoms with Gasteiger partial charge in [0.15, 0.2) is 0 Å². The van der Waals surface area contributed by atoms with Crippen LogP contribution in [0.15, 0.2) is 59.4 Å². The fraction of sp³-hybridized carbons (Fsp3) is 0.238. The van der Waals surface area contributed by atoms with Crippen LogP contribution in [0.1, 0.15) is 28.4 Å². The van der Waals surface area contributed by atoms with Gasteiger partial charge in [-0.3, -0.25) is 9.59 Å². The third kappa shape index (κ3) is 2.96. The first kappa shape index (κ1) is 16.4. The minimum absolute atomic E-state index is 0.238. The number of pyridine rings is 1. The average molecular weight is 347 g/mol. The number of aromatic nitrogens is 1. The molecule has 0 radical (unpaired) electrons. The third-order valence-electron chi connectivity index (χ3n) is 5.11. The van der Waals surface area contributed by atoms with E-state index in [0.29, 0.717) is 17.6 Å². The van der Waals surface area contributed by atoms with E-state index in [1.807, 2.05) is 30.3 Å². The lowest BCUT2D eigenvalue weighted by Gasteiger charge is -2.33. The highest BCUT2D eigenvalue weighted by molar-refractivity contribution is 5.96. The summed E-state index contributed by atoms with van der Waals surface area (Å²) in [5, 5.41) is 4.35. The number of carbonyl (C=O) groups is 1. The number of fused-ring (bicyclic) bond motifs is 2. The molecule has 1 aliphatic heterocycles. The van der Waals surface area contributed by atoms with Crippen molar-refractivity contribution in [2.45, 2.75) is 12.3 Å². The number of benzene rings is 2. The van der Waals surface area contributed by atoms with Gasteiger partial charge < -0.3 is 15.2 Å². The number of nitrogens with one attached hydrogen (secondary N) is 2. The smallest absolute Gasteiger partial charge is 0.267 e. The summed E-state index contributed by atoms with van der Waals surface area (Å²) in [4.78, 5) is 29.7. The lowest BCUT2D eigenvalue weighted by Crippen LogP contribution is -2.35. The highest BCUT2D eigenvalue weighted by atomic mass is 16.2. The molecule has 0 fully saturated rings. The predicted octanol–water partition coefficient (Wildman–Crippen LogP) is 2.88. The number of aromatic amines is 1. The Kier molecular flexibility index (Phi) is 4.21. The van der Waals surface area contributed by atoms with Crippen LogP contribution in [-0.4, -0.2) is 31.0 Å². The second-order valence-corrected chi connectivity index (χ2v) is 6.78. The van der Waals surface area contributed by atoms with Crippen molar-refractivity contribution in [3.05, 3.63) is 76.2 Å². The lowest BCUT2D eigenvalue weighted by atomic mass is 9.90. The normalized spacial score (nSPS) is 16.3. The van der Waals surface area contributed by atoms with Crippen molar-refractivity contribution in [1.29, 1.82) is 0 Å². The van der Waals surface area contributed by atoms with Crippen LogP contribution in [0.25, 0.3) is 10.8 Å². The Hall–Kier alpha value is -3.08. The predicted molar refractivity (Wildman–Crippen MR) is 104 cm³/mol. The molecule has 1 amide bonds. The number of para-hydroxylation sites is 1. The van der Waals surface area contributed by atoms with E-state index in [0.717, 1.165) is 18.4 Å². The number of amides is 1. The monoisotopic (exact) mass is 347 g/mol. The Balaban J connectivity index is 1.53. The molecule has 1 atom stereocenters. The molecule has 0 saturated carbocycles. The fourth-order valence-corrected chi connectivity index (χ4v) is 3.66. The van der Waals surface area contributed by atoms with Crippen LogP contribution >= 0.6 is 0 Å². The largest absolute Gasteiger partial charge is 0.374 e. The molecule has 26 heavy (non-hydrogen) atoms. The molecule has 1 aliphatic rings. The van der Waals surface area contributed by atoms with Gasteiger partial charge in [-0.2, -0.15) is 0 Å². The fourth-order valence-electron chi connectivity index (χ4n) is 3.66. The molecule has 2 N–H and O–H groups in total. The van der Waals surface area contributed by atoms with Crippen LogP contribution in [0.4, 0.5) is 5.69 Å². The van der Waals surface area contributed by atoms with E-state index >= 15 is 0 Å². The Labute approximate surface area is 151 Å². The Bertz CT molecular complexity index is 1020. The third-order valence-corrected chi connectivity index (χ3v) is 5.11. The number of H-pyrrole nitrogens is 1. The molecule has 2 heterocycles. The zero-order chi connectivity index (χ0) is 18.1. The van der Waals surface area contributed by atoms with Crippen LogP contribution in [0, 0.1) is 0 Å². The SMILES string of the molecule is CN1CCC(CNC(=O)c2cc3ccccc3c(=O)[nH]2)c2ccccc21. The van der Waals surface area contributed by atoms with Crippen molar-refractivity contribution < 1.29 is 4.79 Å². The number of carbonyl (C=O) groups excluding carboxylic acids is 1. The molecule has 0 aliphatic carbocycles. The molecule has 0 bridgehead atoms. The first-order valence-corrected chi connectivity index (χ1v) is 8.84. The molecule has 0 spiro atoms. The quantitative estimate of drug-likeness (QED) is 0.766. The summed E-state index contributed by atoms with van der Waals surface area (Å²) in [6.07, 6.45) is 0.988. The van der Waals surface area contributed by atoms with Crippen LogP contribution in [-0.2, 0) is 0 Å². The molecule has 5 nitrogen and oxygen atoms in total. The van der Waals surface area contributed by atoms with E-state index in [2.05, 4.69) is 34.4 Å². The van der Waals surface area contributed by atoms with Crippen LogP contribution in [0.2, 0.25) is 0 Å². The van der Waals surface area contributed by atoms with Crippen molar-refractivity contribution >= 4 is 22.4 Å². The van der Waals surface area contributed by atoms with Gasteiger partial charge in [0.1, 0.15) is 5.69 Å². The van der Waals surface area contributed by atoms with Crippen molar-refractivity contribution in [2.24, 2.45) is 0 Å². The van der Waals surface area contributed by atoms with Crippen LogP contribution in [0.5, 0.6) is 0 Å². The first-order valence-electron chi connectivity index (χ1n) is 8.84. The highest BCUT2D eigenvalue weighted by Crippen LogP contribution is 2.33. The molecule has 132 valence electrons. The highest BCUT2D eigenvalue weighted by Gasteiger charge is 2.23. The molecule has 0 saturated heterocycles. The van der Waals surface area contributed by atoms with Crippen molar-refractivity contribution in [3.8, 4) is 0 Å². The second kappa shape index (κ2) is 6.67. The van der Waals surface area contributed by atoms with Gasteiger partial charge in [-0.25, -0.2) is 0 Å². The molecule has 1 unspecified atom stereocenters. The summed E-state index contributed by atoms with van der Waals surface area (Å²) in [5.74, 6) is 0.0304. The maximum Gasteiger partial charge on any atom is 0.267 e. The standard InChI is InChI=1S/C21H21N3O2/c1-24-11-10-15(16-7-4-5-9-19(16)24)13-22-21(26)18-12-14-6-2-3-8-17(14)20(25)23-18/h2-9,12,15H,10-11,13H2,1H3,(H,22,26)(H,23,25). The van der Waals surface area contributed by atoms with E-state index in [-0.39, 0.29) is 17.4 Å². The Morgan fingerprint density at radius 2 is 1.96 bits per heavy atom. The molecular formula is C21H21N3O2. The molecule has 3 aromatic rings. The van der Waals surface area contributed by atoms with Gasteiger partial charge >= 0.3 is 0 Å². The topological polar surface area (TPSA) is 65.2 Å². The van der Waals surface area contributed by atoms with Gasteiger partial charge in [0, 0.05) is 37.1 Å². The number of hydrogen-bond donors (Lipinski definition) is 2. The van der Waals surface area contributed by atoms with Crippen molar-refractivity contribution in [2.75, 3.05) is 25.0 Å². The average Bonchev–Trinajstić information content (AvgIpc) is 2.67. The lowest BCUT2D eigenvalue weighted by molar-refractivity contribution is 0.0945. The molecule has 4 rings (SSSR count). The number of hydrogen-bond acceptors (Lipinski definition) is 3. The maximum atomic E-state index is 12.6. The van der Waals surface area contributed by atoms with Gasteiger partial charge in [0.05, 0.1) is 0 Å². The van der Waals surface area contributed by atoms with Gasteiger partial charge in [0.25, 0.3) is 11.5 Å². The first-order chi connectivity index (χ1) is 12.6. The van der Waals surface area contributed by atoms with Crippen molar-refractivity contribution in [3.63, 3.8) is 0 Å². The van der Waals surface area contributed by atoms with E-state index in [1.54, 1.807) is 12.1 Å². The minimum atomic E-state index is -0.246. The summed E-state index contributed by atoms with van der Waals surface area (Å²) < 4.78 is 0. The molecule has 2 aromatic carbocycles. The summed E-state index contributed by atoms with van der Waals surface area (Å²) in [5.41, 5.74) is 2.54. The van der Waals surface area contributed by atoms with E-state index in [1.165, 1.54) is 11.3 Å². The Morgan fingerprint density at radius 3 is 2.85 bits per heavy atom. The summed E-state index contributed by atoms with van der Waals surface area (Å²) >= 11 is 0. The Morgan fingerprint density at radius 1 is 1.19 bits per heavy atom. The molecule has 5 heteroatoms. The summed E-state index contributed by atoms with van der Waals surface area (Å²) in [6.45, 7) is 1.52. The maximum absolute atomic E-state index is 12.6. The molecule has 1 aromatic heterocycles. The van der Waals surface area contributed by atoms with Crippen LogP contribution in [0.3, 0.4) is 0 Å². The van der Waals surface area contributed by atoms with E-state index in [9.17, 15) is 9.59 Å². The molecular weight excluding hydrogens is 326 g/mol. The number of nitrogens with zero attached hydrogens (tertiary/aromatic N) is 1. The summed E-state index contributed by atoms with van der Waals surface area (Å²) in [6, 6.07) is 17.3. The second-order valence-electron chi connectivity index (χ2n) is 6.78. The van der Waals surface area contributed by atoms with Gasteiger partial charge in [-0.1, -0.05) is 36.4 Å². The zero-order valence-corrected chi connectivity index (χ0v) is 14.7. The van der Waals surface area contributed by atoms with E-state index in [4.69, 9.17) is 0 Å².